The Morgan fingerprint density at radius 3 is 2.63 bits per heavy atom. The average Bonchev–Trinajstić information content (AvgIpc) is 2.84. The lowest BCUT2D eigenvalue weighted by atomic mass is 9.98. The number of rotatable bonds is 9. The number of nitrogens with zero attached hydrogens (tertiary/aromatic N) is 1. The molecular formula is C27H34BrN3O3S. The number of carbonyl (C=O) groups excluding carboxylic acids is 2. The highest BCUT2D eigenvalue weighted by molar-refractivity contribution is 9.10. The minimum absolute atomic E-state index is 0.0189. The summed E-state index contributed by atoms with van der Waals surface area (Å²) in [5, 5.41) is 5.90. The molecule has 35 heavy (non-hydrogen) atoms. The van der Waals surface area contributed by atoms with Crippen molar-refractivity contribution in [1.82, 2.24) is 10.2 Å². The summed E-state index contributed by atoms with van der Waals surface area (Å²) >= 11 is 8.80. The van der Waals surface area contributed by atoms with Gasteiger partial charge in [-0.2, -0.15) is 0 Å². The number of halogens is 1. The monoisotopic (exact) mass is 559 g/mol. The molecule has 8 heteroatoms. The van der Waals surface area contributed by atoms with E-state index in [1.165, 1.54) is 6.42 Å². The predicted octanol–water partition coefficient (Wildman–Crippen LogP) is 6.41. The molecule has 2 aromatic rings. The van der Waals surface area contributed by atoms with Crippen LogP contribution in [0.4, 0.5) is 5.69 Å². The number of piperidine rings is 1. The van der Waals surface area contributed by atoms with Crippen molar-refractivity contribution in [3.8, 4) is 5.75 Å². The van der Waals surface area contributed by atoms with Crippen LogP contribution in [0.15, 0.2) is 46.9 Å². The third kappa shape index (κ3) is 8.32. The van der Waals surface area contributed by atoms with E-state index in [2.05, 4.69) is 40.4 Å². The summed E-state index contributed by atoms with van der Waals surface area (Å²) < 4.78 is 6.65. The first-order valence-electron chi connectivity index (χ1n) is 12.3. The van der Waals surface area contributed by atoms with Gasteiger partial charge in [0, 0.05) is 28.8 Å². The maximum atomic E-state index is 13.0. The minimum atomic E-state index is -0.359. The number of amides is 2. The van der Waals surface area contributed by atoms with E-state index in [0.717, 1.165) is 49.7 Å². The smallest absolute Gasteiger partial charge is 0.261 e. The number of nitrogens with one attached hydrogen (secondary N) is 2. The zero-order chi connectivity index (χ0) is 25.2. The number of unbranched alkanes of at least 4 members (excludes halogenated alkanes) is 3. The molecule has 1 fully saturated rings. The third-order valence-electron chi connectivity index (χ3n) is 6.11. The highest BCUT2D eigenvalue weighted by Gasteiger charge is 2.22. The van der Waals surface area contributed by atoms with Gasteiger partial charge in [-0.3, -0.25) is 14.9 Å². The molecule has 3 rings (SSSR count). The van der Waals surface area contributed by atoms with Crippen molar-refractivity contribution in [3.05, 3.63) is 58.1 Å². The summed E-state index contributed by atoms with van der Waals surface area (Å²) in [6.07, 6.45) is 6.42. The second kappa shape index (κ2) is 13.6. The van der Waals surface area contributed by atoms with Crippen LogP contribution in [0.1, 0.15) is 73.1 Å². The lowest BCUT2D eigenvalue weighted by Crippen LogP contribution is -2.38. The Bertz CT molecular complexity index is 1040. The van der Waals surface area contributed by atoms with E-state index in [1.807, 2.05) is 23.1 Å². The number of hydrogen-bond acceptors (Lipinski definition) is 4. The summed E-state index contributed by atoms with van der Waals surface area (Å²) in [4.78, 5) is 27.8. The molecule has 0 unspecified atom stereocenters. The second-order valence-corrected chi connectivity index (χ2v) is 10.3. The quantitative estimate of drug-likeness (QED) is 0.274. The van der Waals surface area contributed by atoms with Crippen molar-refractivity contribution in [2.75, 3.05) is 25.0 Å². The van der Waals surface area contributed by atoms with Crippen molar-refractivity contribution in [1.29, 1.82) is 0 Å². The third-order valence-corrected chi connectivity index (χ3v) is 6.80. The summed E-state index contributed by atoms with van der Waals surface area (Å²) in [6.45, 7) is 6.50. The Kier molecular flexibility index (Phi) is 10.5. The standard InChI is InChI=1S/C27H34BrN3O3S/c1-3-4-5-6-16-34-24-11-10-21(28)18-23(24)25(32)30-27(35)29-22-9-7-8-20(17-22)26(33)31-14-12-19(2)13-15-31/h7-11,17-19H,3-6,12-16H2,1-2H3,(H2,29,30,32,35). The van der Waals surface area contributed by atoms with Gasteiger partial charge in [-0.1, -0.05) is 55.1 Å². The molecule has 2 aromatic carbocycles. The summed E-state index contributed by atoms with van der Waals surface area (Å²) in [5.41, 5.74) is 1.65. The number of carbonyl (C=O) groups is 2. The summed E-state index contributed by atoms with van der Waals surface area (Å²) in [5.74, 6) is 0.839. The molecule has 0 aromatic heterocycles. The summed E-state index contributed by atoms with van der Waals surface area (Å²) in [7, 11) is 0. The van der Waals surface area contributed by atoms with E-state index in [-0.39, 0.29) is 16.9 Å². The van der Waals surface area contributed by atoms with Gasteiger partial charge in [0.05, 0.1) is 12.2 Å². The number of benzene rings is 2. The van der Waals surface area contributed by atoms with Crippen LogP contribution in [0.2, 0.25) is 0 Å². The van der Waals surface area contributed by atoms with E-state index in [9.17, 15) is 9.59 Å². The second-order valence-electron chi connectivity index (χ2n) is 9.01. The van der Waals surface area contributed by atoms with Crippen molar-refractivity contribution in [3.63, 3.8) is 0 Å². The van der Waals surface area contributed by atoms with Crippen LogP contribution < -0.4 is 15.4 Å². The Morgan fingerprint density at radius 1 is 1.11 bits per heavy atom. The minimum Gasteiger partial charge on any atom is -0.493 e. The average molecular weight is 561 g/mol. The zero-order valence-electron chi connectivity index (χ0n) is 20.4. The van der Waals surface area contributed by atoms with Gasteiger partial charge in [-0.05, 0) is 73.8 Å². The van der Waals surface area contributed by atoms with Gasteiger partial charge < -0.3 is 15.0 Å². The molecule has 1 aliphatic rings. The van der Waals surface area contributed by atoms with Crippen molar-refractivity contribution in [2.45, 2.75) is 52.4 Å². The van der Waals surface area contributed by atoms with Crippen LogP contribution >= 0.6 is 28.1 Å². The maximum absolute atomic E-state index is 13.0. The highest BCUT2D eigenvalue weighted by atomic mass is 79.9. The maximum Gasteiger partial charge on any atom is 0.261 e. The fourth-order valence-electron chi connectivity index (χ4n) is 3.97. The molecule has 0 radical (unpaired) electrons. The first-order valence-corrected chi connectivity index (χ1v) is 13.5. The topological polar surface area (TPSA) is 70.7 Å². The molecule has 1 aliphatic heterocycles. The van der Waals surface area contributed by atoms with Gasteiger partial charge in [0.25, 0.3) is 11.8 Å². The van der Waals surface area contributed by atoms with Gasteiger partial charge in [0.2, 0.25) is 0 Å². The largest absolute Gasteiger partial charge is 0.493 e. The number of thiocarbonyl (C=S) groups is 1. The summed E-state index contributed by atoms with van der Waals surface area (Å²) in [6, 6.07) is 12.6. The lowest BCUT2D eigenvalue weighted by molar-refractivity contribution is 0.0697. The highest BCUT2D eigenvalue weighted by Crippen LogP contribution is 2.24. The lowest BCUT2D eigenvalue weighted by Gasteiger charge is -2.30. The fraction of sp³-hybridized carbons (Fsp3) is 0.444. The van der Waals surface area contributed by atoms with E-state index < -0.39 is 0 Å². The van der Waals surface area contributed by atoms with E-state index in [0.29, 0.717) is 35.1 Å². The molecule has 0 bridgehead atoms. The van der Waals surface area contributed by atoms with Gasteiger partial charge >= 0.3 is 0 Å². The molecular weight excluding hydrogens is 526 g/mol. The van der Waals surface area contributed by atoms with Gasteiger partial charge in [0.1, 0.15) is 5.75 Å². The molecule has 2 amide bonds. The van der Waals surface area contributed by atoms with Crippen LogP contribution in [0.3, 0.4) is 0 Å². The van der Waals surface area contributed by atoms with Crippen molar-refractivity contribution < 1.29 is 14.3 Å². The Hall–Kier alpha value is -2.45. The van der Waals surface area contributed by atoms with Gasteiger partial charge in [0.15, 0.2) is 5.11 Å². The molecule has 0 spiro atoms. The zero-order valence-corrected chi connectivity index (χ0v) is 22.8. The SMILES string of the molecule is CCCCCCOc1ccc(Br)cc1C(=O)NC(=S)Nc1cccc(C(=O)N2CCC(C)CC2)c1. The molecule has 1 heterocycles. The molecule has 0 atom stereocenters. The van der Waals surface area contributed by atoms with E-state index in [4.69, 9.17) is 17.0 Å². The number of ether oxygens (including phenoxy) is 1. The van der Waals surface area contributed by atoms with E-state index >= 15 is 0 Å². The predicted molar refractivity (Wildman–Crippen MR) is 148 cm³/mol. The van der Waals surface area contributed by atoms with Gasteiger partial charge in [-0.25, -0.2) is 0 Å². The molecule has 188 valence electrons. The van der Waals surface area contributed by atoms with Crippen molar-refractivity contribution in [2.24, 2.45) is 5.92 Å². The van der Waals surface area contributed by atoms with Crippen LogP contribution in [0.25, 0.3) is 0 Å². The number of hydrogen-bond donors (Lipinski definition) is 2. The van der Waals surface area contributed by atoms with Crippen LogP contribution in [-0.2, 0) is 0 Å². The normalized spacial score (nSPS) is 13.9. The first kappa shape index (κ1) is 27.1. The number of anilines is 1. The van der Waals surface area contributed by atoms with Gasteiger partial charge in [-0.15, -0.1) is 0 Å². The molecule has 2 N–H and O–H groups in total. The van der Waals surface area contributed by atoms with Crippen LogP contribution in [-0.4, -0.2) is 41.5 Å². The first-order chi connectivity index (χ1) is 16.9. The molecule has 0 aliphatic carbocycles. The Balaban J connectivity index is 1.59. The van der Waals surface area contributed by atoms with Crippen LogP contribution in [0, 0.1) is 5.92 Å². The molecule has 1 saturated heterocycles. The van der Waals surface area contributed by atoms with Crippen LogP contribution in [0.5, 0.6) is 5.75 Å². The Morgan fingerprint density at radius 2 is 1.89 bits per heavy atom. The van der Waals surface area contributed by atoms with E-state index in [1.54, 1.807) is 24.3 Å². The number of likely N-dealkylation sites (tertiary alicyclic amines) is 1. The molecule has 6 nitrogen and oxygen atoms in total. The fourth-order valence-corrected chi connectivity index (χ4v) is 4.55. The molecule has 0 saturated carbocycles. The van der Waals surface area contributed by atoms with Crippen molar-refractivity contribution >= 4 is 50.8 Å². The Labute approximate surface area is 221 Å².